The zero-order valence-electron chi connectivity index (χ0n) is 16.7. The summed E-state index contributed by atoms with van der Waals surface area (Å²) in [4.78, 5) is 26.3. The van der Waals surface area contributed by atoms with Gasteiger partial charge in [-0.1, -0.05) is 35.5 Å². The molecular weight excluding hydrogens is 386 g/mol. The second-order valence-electron chi connectivity index (χ2n) is 7.30. The van der Waals surface area contributed by atoms with E-state index in [2.05, 4.69) is 15.6 Å². The van der Waals surface area contributed by atoms with Crippen molar-refractivity contribution in [2.75, 3.05) is 19.7 Å². The molecule has 0 aliphatic carbocycles. The summed E-state index contributed by atoms with van der Waals surface area (Å²) in [5.41, 5.74) is 2.29. The van der Waals surface area contributed by atoms with Crippen LogP contribution in [0, 0.1) is 6.92 Å². The molecule has 1 N–H and O–H groups in total. The number of amides is 2. The third-order valence-electron chi connectivity index (χ3n) is 4.80. The van der Waals surface area contributed by atoms with Crippen LogP contribution in [-0.2, 0) is 22.6 Å². The Labute approximate surface area is 173 Å². The van der Waals surface area contributed by atoms with Gasteiger partial charge in [0.25, 0.3) is 5.91 Å². The summed E-state index contributed by atoms with van der Waals surface area (Å²) in [5.74, 6) is 0.130. The summed E-state index contributed by atoms with van der Waals surface area (Å²) < 4.78 is 12.5. The number of hydrogen-bond donors (Lipinski definition) is 1. The Morgan fingerprint density at radius 2 is 2.10 bits per heavy atom. The normalized spacial score (nSPS) is 16.6. The quantitative estimate of drug-likeness (QED) is 0.633. The maximum absolute atomic E-state index is 12.4. The lowest BCUT2D eigenvalue weighted by atomic mass is 10.2. The Balaban J connectivity index is 1.28. The fourth-order valence-electron chi connectivity index (χ4n) is 3.27. The smallest absolute Gasteiger partial charge is 0.273 e. The molecule has 2 aromatic heterocycles. The van der Waals surface area contributed by atoms with Gasteiger partial charge in [-0.15, -0.1) is 0 Å². The summed E-state index contributed by atoms with van der Waals surface area (Å²) >= 11 is 0. The van der Waals surface area contributed by atoms with Gasteiger partial charge in [0.1, 0.15) is 13.2 Å². The number of nitrogens with one attached hydrogen (secondary N) is 1. The molecule has 1 aliphatic rings. The molecular formula is C21H23N5O4. The Morgan fingerprint density at radius 1 is 1.27 bits per heavy atom. The molecule has 9 nitrogen and oxygen atoms in total. The van der Waals surface area contributed by atoms with E-state index in [9.17, 15) is 9.59 Å². The van der Waals surface area contributed by atoms with E-state index in [1.165, 1.54) is 0 Å². The van der Waals surface area contributed by atoms with Crippen LogP contribution in [0.5, 0.6) is 0 Å². The van der Waals surface area contributed by atoms with Gasteiger partial charge in [-0.2, -0.15) is 5.10 Å². The van der Waals surface area contributed by atoms with Crippen LogP contribution in [0.15, 0.2) is 53.3 Å². The maximum Gasteiger partial charge on any atom is 0.273 e. The third kappa shape index (κ3) is 4.93. The van der Waals surface area contributed by atoms with Crippen molar-refractivity contribution in [2.45, 2.75) is 26.1 Å². The number of hydrogen-bond acceptors (Lipinski definition) is 6. The standard InChI is InChI=1S/C21H23N5O4/c1-15-8-23-26(10-15)13-17-7-19(24-30-17)21(28)22-9-18-12-25(20(27)14-29-18)11-16-5-3-2-4-6-16/h2-8,10,18H,9,11-14H2,1H3,(H,22,28). The molecule has 9 heteroatoms. The van der Waals surface area contributed by atoms with E-state index in [1.54, 1.807) is 21.8 Å². The molecule has 0 bridgehead atoms. The number of benzene rings is 1. The van der Waals surface area contributed by atoms with Crippen molar-refractivity contribution >= 4 is 11.8 Å². The van der Waals surface area contributed by atoms with Gasteiger partial charge in [0.2, 0.25) is 5.91 Å². The minimum atomic E-state index is -0.350. The monoisotopic (exact) mass is 409 g/mol. The lowest BCUT2D eigenvalue weighted by Crippen LogP contribution is -2.50. The largest absolute Gasteiger partial charge is 0.365 e. The number of carbonyl (C=O) groups excluding carboxylic acids is 2. The molecule has 1 aliphatic heterocycles. The molecule has 1 fully saturated rings. The van der Waals surface area contributed by atoms with Crippen LogP contribution in [0.3, 0.4) is 0 Å². The van der Waals surface area contributed by atoms with Crippen molar-refractivity contribution in [3.63, 3.8) is 0 Å². The SMILES string of the molecule is Cc1cnn(Cc2cc(C(=O)NCC3CN(Cc4ccccc4)C(=O)CO3)no2)c1. The molecule has 0 saturated carbocycles. The van der Waals surface area contributed by atoms with E-state index in [4.69, 9.17) is 9.26 Å². The van der Waals surface area contributed by atoms with Crippen molar-refractivity contribution < 1.29 is 18.8 Å². The maximum atomic E-state index is 12.4. The lowest BCUT2D eigenvalue weighted by Gasteiger charge is -2.32. The molecule has 1 unspecified atom stereocenters. The number of ether oxygens (including phenoxy) is 1. The zero-order valence-corrected chi connectivity index (χ0v) is 16.7. The van der Waals surface area contributed by atoms with Gasteiger partial charge < -0.3 is 19.5 Å². The van der Waals surface area contributed by atoms with Crippen LogP contribution in [0.2, 0.25) is 0 Å². The highest BCUT2D eigenvalue weighted by Crippen LogP contribution is 2.12. The predicted octanol–water partition coefficient (Wildman–Crippen LogP) is 1.39. The summed E-state index contributed by atoms with van der Waals surface area (Å²) in [7, 11) is 0. The lowest BCUT2D eigenvalue weighted by molar-refractivity contribution is -0.149. The molecule has 156 valence electrons. The summed E-state index contributed by atoms with van der Waals surface area (Å²) in [5, 5.41) is 10.8. The molecule has 2 amide bonds. The van der Waals surface area contributed by atoms with Crippen molar-refractivity contribution in [3.05, 3.63) is 71.4 Å². The van der Waals surface area contributed by atoms with Crippen molar-refractivity contribution in [1.82, 2.24) is 25.2 Å². The zero-order chi connectivity index (χ0) is 20.9. The first kappa shape index (κ1) is 19.8. The molecule has 3 aromatic rings. The number of aromatic nitrogens is 3. The first-order valence-corrected chi connectivity index (χ1v) is 9.73. The fraction of sp³-hybridized carbons (Fsp3) is 0.333. The second-order valence-corrected chi connectivity index (χ2v) is 7.30. The van der Waals surface area contributed by atoms with Gasteiger partial charge in [0.05, 0.1) is 12.3 Å². The Kier molecular flexibility index (Phi) is 5.89. The molecule has 0 radical (unpaired) electrons. The molecule has 1 saturated heterocycles. The van der Waals surface area contributed by atoms with Crippen molar-refractivity contribution in [1.29, 1.82) is 0 Å². The summed E-state index contributed by atoms with van der Waals surface area (Å²) in [6.07, 6.45) is 3.35. The first-order valence-electron chi connectivity index (χ1n) is 9.73. The summed E-state index contributed by atoms with van der Waals surface area (Å²) in [6.45, 7) is 3.56. The van der Waals surface area contributed by atoms with E-state index in [0.29, 0.717) is 25.4 Å². The van der Waals surface area contributed by atoms with Crippen LogP contribution in [-0.4, -0.2) is 57.5 Å². The van der Waals surface area contributed by atoms with Crippen LogP contribution in [0.4, 0.5) is 0 Å². The number of nitrogens with zero attached hydrogens (tertiary/aromatic N) is 4. The average Bonchev–Trinajstić information content (AvgIpc) is 3.38. The number of rotatable bonds is 7. The van der Waals surface area contributed by atoms with E-state index < -0.39 is 0 Å². The molecule has 1 aromatic carbocycles. The minimum absolute atomic E-state index is 0.00473. The van der Waals surface area contributed by atoms with Crippen molar-refractivity contribution in [2.24, 2.45) is 0 Å². The van der Waals surface area contributed by atoms with Crippen LogP contribution < -0.4 is 5.32 Å². The Hall–Kier alpha value is -3.46. The number of aryl methyl sites for hydroxylation is 1. The fourth-order valence-corrected chi connectivity index (χ4v) is 3.27. The Bertz CT molecular complexity index is 1010. The van der Waals surface area contributed by atoms with E-state index in [-0.39, 0.29) is 36.8 Å². The van der Waals surface area contributed by atoms with Crippen molar-refractivity contribution in [3.8, 4) is 0 Å². The highest BCUT2D eigenvalue weighted by atomic mass is 16.5. The second kappa shape index (κ2) is 8.91. The van der Waals surface area contributed by atoms with Crippen LogP contribution in [0.1, 0.15) is 27.4 Å². The summed E-state index contributed by atoms with van der Waals surface area (Å²) in [6, 6.07) is 11.4. The Morgan fingerprint density at radius 3 is 2.87 bits per heavy atom. The van der Waals surface area contributed by atoms with Gasteiger partial charge in [-0.3, -0.25) is 14.3 Å². The van der Waals surface area contributed by atoms with Crippen LogP contribution in [0.25, 0.3) is 0 Å². The highest BCUT2D eigenvalue weighted by molar-refractivity contribution is 5.92. The predicted molar refractivity (Wildman–Crippen MR) is 107 cm³/mol. The minimum Gasteiger partial charge on any atom is -0.365 e. The number of morpholine rings is 1. The third-order valence-corrected chi connectivity index (χ3v) is 4.80. The molecule has 4 rings (SSSR count). The molecule has 1 atom stereocenters. The molecule has 0 spiro atoms. The van der Waals surface area contributed by atoms with Gasteiger partial charge in [-0.25, -0.2) is 0 Å². The molecule has 3 heterocycles. The van der Waals surface area contributed by atoms with Gasteiger partial charge >= 0.3 is 0 Å². The topological polar surface area (TPSA) is 102 Å². The van der Waals surface area contributed by atoms with Gasteiger partial charge in [0, 0.05) is 31.9 Å². The number of carbonyl (C=O) groups is 2. The van der Waals surface area contributed by atoms with Gasteiger partial charge in [-0.05, 0) is 18.1 Å². The average molecular weight is 409 g/mol. The van der Waals surface area contributed by atoms with Crippen LogP contribution >= 0.6 is 0 Å². The molecule has 30 heavy (non-hydrogen) atoms. The van der Waals surface area contributed by atoms with E-state index in [0.717, 1.165) is 11.1 Å². The van der Waals surface area contributed by atoms with Gasteiger partial charge in [0.15, 0.2) is 11.5 Å². The first-order chi connectivity index (χ1) is 14.6. The van der Waals surface area contributed by atoms with E-state index >= 15 is 0 Å². The highest BCUT2D eigenvalue weighted by Gasteiger charge is 2.27. The van der Waals surface area contributed by atoms with E-state index in [1.807, 2.05) is 43.5 Å².